The third-order valence-electron chi connectivity index (χ3n) is 1.27. The largest absolute Gasteiger partial charge is 0.433 e. The first-order valence-corrected chi connectivity index (χ1v) is 4.31. The Kier molecular flexibility index (Phi) is 3.09. The molecule has 0 N–H and O–H groups in total. The molecular weight excluding hydrogens is 301 g/mol. The highest BCUT2D eigenvalue weighted by Crippen LogP contribution is 2.28. The van der Waals surface area contributed by atoms with Crippen LogP contribution < -0.4 is 0 Å². The third-order valence-corrected chi connectivity index (χ3v) is 1.89. The highest BCUT2D eigenvalue weighted by atomic mass is 127. The molecule has 0 fully saturated rings. The van der Waals surface area contributed by atoms with Gasteiger partial charge in [-0.15, -0.1) is 0 Å². The number of pyridine rings is 1. The molecule has 0 saturated heterocycles. The van der Waals surface area contributed by atoms with Gasteiger partial charge in [-0.2, -0.15) is 13.2 Å². The summed E-state index contributed by atoms with van der Waals surface area (Å²) in [5, 5.41) is 0. The fraction of sp³-hybridized carbons (Fsp3) is 0.286. The predicted octanol–water partition coefficient (Wildman–Crippen LogP) is 3.17. The fourth-order valence-corrected chi connectivity index (χ4v) is 1.42. The van der Waals surface area contributed by atoms with Crippen molar-refractivity contribution in [3.05, 3.63) is 27.1 Å². The Bertz CT molecular complexity index is 310. The SMILES string of the molecule is FCc1cc(I)cc(C(F)(F)F)n1. The minimum atomic E-state index is -4.51. The number of rotatable bonds is 1. The van der Waals surface area contributed by atoms with Crippen molar-refractivity contribution in [1.82, 2.24) is 4.98 Å². The van der Waals surface area contributed by atoms with Gasteiger partial charge in [-0.3, -0.25) is 0 Å². The van der Waals surface area contributed by atoms with Gasteiger partial charge in [0.05, 0.1) is 5.69 Å². The Morgan fingerprint density at radius 2 is 1.92 bits per heavy atom. The summed E-state index contributed by atoms with van der Waals surface area (Å²) in [6.07, 6.45) is -4.51. The van der Waals surface area contributed by atoms with Crippen LogP contribution >= 0.6 is 22.6 Å². The second kappa shape index (κ2) is 3.77. The number of alkyl halides is 4. The molecule has 1 heterocycles. The van der Waals surface area contributed by atoms with E-state index in [-0.39, 0.29) is 5.69 Å². The molecule has 6 heteroatoms. The van der Waals surface area contributed by atoms with E-state index in [0.29, 0.717) is 3.57 Å². The molecule has 0 radical (unpaired) electrons. The molecule has 0 aliphatic heterocycles. The number of hydrogen-bond donors (Lipinski definition) is 0. The Balaban J connectivity index is 3.16. The highest BCUT2D eigenvalue weighted by molar-refractivity contribution is 14.1. The molecule has 0 amide bonds. The molecule has 13 heavy (non-hydrogen) atoms. The summed E-state index contributed by atoms with van der Waals surface area (Å²) in [5.41, 5.74) is -1.24. The van der Waals surface area contributed by atoms with Crippen molar-refractivity contribution in [2.24, 2.45) is 0 Å². The first-order valence-electron chi connectivity index (χ1n) is 3.23. The van der Waals surface area contributed by atoms with Crippen molar-refractivity contribution < 1.29 is 17.6 Å². The summed E-state index contributed by atoms with van der Waals surface area (Å²) in [6, 6.07) is 2.15. The van der Waals surface area contributed by atoms with E-state index in [1.807, 2.05) is 0 Å². The van der Waals surface area contributed by atoms with Crippen LogP contribution in [0.25, 0.3) is 0 Å². The molecular formula is C7H4F4IN. The van der Waals surface area contributed by atoms with Crippen LogP contribution in [0.2, 0.25) is 0 Å². The molecule has 1 aromatic heterocycles. The number of aromatic nitrogens is 1. The minimum Gasteiger partial charge on any atom is -0.245 e. The Hall–Kier alpha value is -0.400. The van der Waals surface area contributed by atoms with Crippen LogP contribution in [-0.4, -0.2) is 4.98 Å². The maximum Gasteiger partial charge on any atom is 0.433 e. The van der Waals surface area contributed by atoms with Crippen molar-refractivity contribution in [1.29, 1.82) is 0 Å². The van der Waals surface area contributed by atoms with Crippen LogP contribution in [0.5, 0.6) is 0 Å². The van der Waals surface area contributed by atoms with E-state index in [2.05, 4.69) is 4.98 Å². The van der Waals surface area contributed by atoms with Crippen LogP contribution in [-0.2, 0) is 12.9 Å². The van der Waals surface area contributed by atoms with Gasteiger partial charge in [0.2, 0.25) is 0 Å². The molecule has 72 valence electrons. The summed E-state index contributed by atoms with van der Waals surface area (Å²) >= 11 is 1.69. The highest BCUT2D eigenvalue weighted by Gasteiger charge is 2.32. The van der Waals surface area contributed by atoms with E-state index in [1.165, 1.54) is 6.07 Å². The molecule has 0 spiro atoms. The lowest BCUT2D eigenvalue weighted by atomic mass is 10.3. The second-order valence-corrected chi connectivity index (χ2v) is 3.54. The van der Waals surface area contributed by atoms with Gasteiger partial charge in [0.15, 0.2) is 0 Å². The summed E-state index contributed by atoms with van der Waals surface area (Å²) in [4.78, 5) is 3.12. The van der Waals surface area contributed by atoms with Crippen LogP contribution in [0, 0.1) is 3.57 Å². The first-order chi connectivity index (χ1) is 5.93. The molecule has 0 saturated carbocycles. The molecule has 0 bridgehead atoms. The van der Waals surface area contributed by atoms with Gasteiger partial charge in [0, 0.05) is 3.57 Å². The summed E-state index contributed by atoms with van der Waals surface area (Å²) in [7, 11) is 0. The van der Waals surface area contributed by atoms with Crippen LogP contribution in [0.15, 0.2) is 12.1 Å². The molecule has 1 aromatic rings. The van der Waals surface area contributed by atoms with Crippen molar-refractivity contribution in [2.75, 3.05) is 0 Å². The van der Waals surface area contributed by atoms with E-state index in [9.17, 15) is 17.6 Å². The number of halogens is 5. The lowest BCUT2D eigenvalue weighted by molar-refractivity contribution is -0.141. The fourth-order valence-electron chi connectivity index (χ4n) is 0.764. The van der Waals surface area contributed by atoms with Gasteiger partial charge >= 0.3 is 6.18 Å². The van der Waals surface area contributed by atoms with Gasteiger partial charge in [-0.05, 0) is 34.7 Å². The van der Waals surface area contributed by atoms with Crippen molar-refractivity contribution in [2.45, 2.75) is 12.9 Å². The van der Waals surface area contributed by atoms with Crippen LogP contribution in [0.1, 0.15) is 11.4 Å². The minimum absolute atomic E-state index is 0.195. The van der Waals surface area contributed by atoms with E-state index in [0.717, 1.165) is 6.07 Å². The maximum absolute atomic E-state index is 12.1. The van der Waals surface area contributed by atoms with Crippen molar-refractivity contribution >= 4 is 22.6 Å². The van der Waals surface area contributed by atoms with Gasteiger partial charge in [-0.25, -0.2) is 9.37 Å². The monoisotopic (exact) mass is 305 g/mol. The summed E-state index contributed by atoms with van der Waals surface area (Å²) in [5.74, 6) is 0. The Labute approximate surface area is 85.3 Å². The average molecular weight is 305 g/mol. The molecule has 0 aliphatic rings. The lowest BCUT2D eigenvalue weighted by Crippen LogP contribution is -2.09. The van der Waals surface area contributed by atoms with E-state index in [1.54, 1.807) is 22.6 Å². The lowest BCUT2D eigenvalue weighted by Gasteiger charge is -2.06. The maximum atomic E-state index is 12.1. The molecule has 0 atom stereocenters. The van der Waals surface area contributed by atoms with E-state index >= 15 is 0 Å². The van der Waals surface area contributed by atoms with Crippen LogP contribution in [0.3, 0.4) is 0 Å². The van der Waals surface area contributed by atoms with E-state index in [4.69, 9.17) is 0 Å². The van der Waals surface area contributed by atoms with Crippen molar-refractivity contribution in [3.63, 3.8) is 0 Å². The third kappa shape index (κ3) is 2.78. The normalized spacial score (nSPS) is 11.8. The first kappa shape index (κ1) is 10.7. The summed E-state index contributed by atoms with van der Waals surface area (Å²) in [6.45, 7) is -0.986. The predicted molar refractivity (Wildman–Crippen MR) is 46.8 cm³/mol. The molecule has 0 aromatic carbocycles. The van der Waals surface area contributed by atoms with Gasteiger partial charge in [-0.1, -0.05) is 0 Å². The zero-order chi connectivity index (χ0) is 10.1. The van der Waals surface area contributed by atoms with Crippen LogP contribution in [0.4, 0.5) is 17.6 Å². The molecule has 1 rings (SSSR count). The molecule has 1 nitrogen and oxygen atoms in total. The smallest absolute Gasteiger partial charge is 0.245 e. The van der Waals surface area contributed by atoms with Crippen molar-refractivity contribution in [3.8, 4) is 0 Å². The zero-order valence-electron chi connectivity index (χ0n) is 6.20. The topological polar surface area (TPSA) is 12.9 Å². The molecule has 0 aliphatic carbocycles. The number of nitrogens with zero attached hydrogens (tertiary/aromatic N) is 1. The van der Waals surface area contributed by atoms with Gasteiger partial charge < -0.3 is 0 Å². The average Bonchev–Trinajstić information content (AvgIpc) is 2.01. The quantitative estimate of drug-likeness (QED) is 0.574. The second-order valence-electron chi connectivity index (χ2n) is 2.29. The standard InChI is InChI=1S/C7H4F4IN/c8-3-5-1-4(12)2-6(13-5)7(9,10)11/h1-2H,3H2. The Morgan fingerprint density at radius 3 is 2.38 bits per heavy atom. The van der Waals surface area contributed by atoms with Gasteiger partial charge in [0.25, 0.3) is 0 Å². The van der Waals surface area contributed by atoms with Gasteiger partial charge in [0.1, 0.15) is 12.4 Å². The number of hydrogen-bond acceptors (Lipinski definition) is 1. The zero-order valence-corrected chi connectivity index (χ0v) is 8.36. The Morgan fingerprint density at radius 1 is 1.31 bits per heavy atom. The van der Waals surface area contributed by atoms with E-state index < -0.39 is 18.5 Å². The summed E-state index contributed by atoms with van der Waals surface area (Å²) < 4.78 is 48.7. The molecule has 0 unspecified atom stereocenters.